The van der Waals surface area contributed by atoms with Gasteiger partial charge in [0.15, 0.2) is 11.0 Å². The maximum atomic E-state index is 12.7. The van der Waals surface area contributed by atoms with Crippen molar-refractivity contribution in [1.29, 1.82) is 0 Å². The normalized spacial score (nSPS) is 16.9. The highest BCUT2D eigenvalue weighted by Gasteiger charge is 2.28. The zero-order valence-corrected chi connectivity index (χ0v) is 21.5. The number of ether oxygens (including phenoxy) is 1. The summed E-state index contributed by atoms with van der Waals surface area (Å²) in [7, 11) is 1.69. The molecule has 39 heavy (non-hydrogen) atoms. The lowest BCUT2D eigenvalue weighted by molar-refractivity contribution is 0.0695. The number of nitrogens with zero attached hydrogens (tertiary/aromatic N) is 4. The summed E-state index contributed by atoms with van der Waals surface area (Å²) >= 11 is 0. The molecule has 1 saturated heterocycles. The van der Waals surface area contributed by atoms with Gasteiger partial charge in [0.25, 0.3) is 6.01 Å². The first-order valence-electron chi connectivity index (χ1n) is 12.9. The lowest BCUT2D eigenvalue weighted by atomic mass is 10.1. The third-order valence-electron chi connectivity index (χ3n) is 7.21. The van der Waals surface area contributed by atoms with Crippen molar-refractivity contribution in [2.45, 2.75) is 18.9 Å². The summed E-state index contributed by atoms with van der Waals surface area (Å²) in [5.74, 6) is -1.28. The molecule has 0 bridgehead atoms. The summed E-state index contributed by atoms with van der Waals surface area (Å²) < 4.78 is 13.3. The number of carboxylic acid groups (broad SMARTS) is 1. The molecular weight excluding hydrogens is 496 g/mol. The molecule has 0 spiro atoms. The second kappa shape index (κ2) is 10.3. The minimum Gasteiger partial charge on any atom is -0.477 e. The molecule has 2 aromatic carbocycles. The number of allylic oxidation sites excluding steroid dienone is 2. The van der Waals surface area contributed by atoms with Crippen LogP contribution < -0.4 is 15.2 Å². The molecule has 1 atom stereocenters. The van der Waals surface area contributed by atoms with E-state index < -0.39 is 11.4 Å². The van der Waals surface area contributed by atoms with E-state index >= 15 is 0 Å². The number of aromatic nitrogens is 2. The number of methoxy groups -OCH3 is 1. The Kier molecular flexibility index (Phi) is 6.50. The maximum Gasteiger partial charge on any atom is 0.341 e. The van der Waals surface area contributed by atoms with Gasteiger partial charge in [0, 0.05) is 56.1 Å². The highest BCUT2D eigenvalue weighted by atomic mass is 16.5. The van der Waals surface area contributed by atoms with Crippen LogP contribution in [0.5, 0.6) is 0 Å². The number of aromatic carboxylic acids is 1. The van der Waals surface area contributed by atoms with Crippen molar-refractivity contribution in [3.8, 4) is 16.9 Å². The molecule has 4 heterocycles. The third kappa shape index (κ3) is 4.72. The molecule has 0 amide bonds. The van der Waals surface area contributed by atoms with Crippen molar-refractivity contribution in [3.05, 3.63) is 94.9 Å². The van der Waals surface area contributed by atoms with Crippen LogP contribution in [0.3, 0.4) is 0 Å². The van der Waals surface area contributed by atoms with Gasteiger partial charge in [0.05, 0.1) is 18.3 Å². The Balaban J connectivity index is 1.41. The van der Waals surface area contributed by atoms with E-state index in [9.17, 15) is 14.7 Å². The van der Waals surface area contributed by atoms with Crippen molar-refractivity contribution < 1.29 is 19.1 Å². The number of oxazole rings is 1. The summed E-state index contributed by atoms with van der Waals surface area (Å²) in [4.78, 5) is 33.5. The van der Waals surface area contributed by atoms with Gasteiger partial charge in [-0.3, -0.25) is 4.79 Å². The fourth-order valence-corrected chi connectivity index (χ4v) is 5.24. The van der Waals surface area contributed by atoms with Gasteiger partial charge < -0.3 is 28.6 Å². The number of anilines is 2. The van der Waals surface area contributed by atoms with Crippen LogP contribution in [0.25, 0.3) is 28.0 Å². The standard InChI is InChI=1S/C30H28N4O5/c1-38-19-23-6-5-15-33(23)30-31-25-12-11-22(16-28(25)39-30)34-18-24(29(36)37)27(35)17-26(34)20-7-9-21(10-8-20)32-13-3-2-4-14-32/h2-4,7-13,16-18,23H,5-6,14-15,19H2,1H3,(H,36,37)/t23-/m1/s1. The predicted molar refractivity (Wildman–Crippen MR) is 150 cm³/mol. The second-order valence-electron chi connectivity index (χ2n) is 9.67. The Hall–Kier alpha value is -4.63. The van der Waals surface area contributed by atoms with E-state index in [1.165, 1.54) is 12.3 Å². The first-order chi connectivity index (χ1) is 19.0. The van der Waals surface area contributed by atoms with Crippen molar-refractivity contribution in [1.82, 2.24) is 9.55 Å². The number of fused-ring (bicyclic) bond motifs is 1. The SMILES string of the molecule is COC[C@H]1CCCN1c1nc2ccc(-n3cc(C(=O)O)c(=O)cc3-c3ccc(N4C=CC=CC4)cc3)cc2o1. The summed E-state index contributed by atoms with van der Waals surface area (Å²) in [5.41, 5.74) is 3.44. The lowest BCUT2D eigenvalue weighted by Crippen LogP contribution is -2.32. The quantitative estimate of drug-likeness (QED) is 0.366. The van der Waals surface area contributed by atoms with E-state index in [2.05, 4.69) is 15.9 Å². The zero-order valence-electron chi connectivity index (χ0n) is 21.5. The number of rotatable bonds is 7. The monoisotopic (exact) mass is 524 g/mol. The second-order valence-corrected chi connectivity index (χ2v) is 9.67. The van der Waals surface area contributed by atoms with Crippen molar-refractivity contribution in [2.75, 3.05) is 36.6 Å². The van der Waals surface area contributed by atoms with E-state index in [4.69, 9.17) is 14.1 Å². The zero-order chi connectivity index (χ0) is 26.9. The molecule has 0 aliphatic carbocycles. The molecule has 1 fully saturated rings. The van der Waals surface area contributed by atoms with Crippen LogP contribution >= 0.6 is 0 Å². The lowest BCUT2D eigenvalue weighted by Gasteiger charge is -2.21. The molecule has 2 aliphatic rings. The maximum absolute atomic E-state index is 12.7. The van der Waals surface area contributed by atoms with E-state index in [0.29, 0.717) is 35.1 Å². The number of benzene rings is 2. The van der Waals surface area contributed by atoms with E-state index in [1.54, 1.807) is 11.7 Å². The van der Waals surface area contributed by atoms with Crippen LogP contribution in [0, 0.1) is 0 Å². The van der Waals surface area contributed by atoms with Crippen LogP contribution in [-0.2, 0) is 4.74 Å². The molecule has 2 aliphatic heterocycles. The fraction of sp³-hybridized carbons (Fsp3) is 0.233. The molecule has 4 aromatic rings. The van der Waals surface area contributed by atoms with Crippen LogP contribution in [0.4, 0.5) is 11.7 Å². The molecule has 0 radical (unpaired) electrons. The molecule has 0 unspecified atom stereocenters. The highest BCUT2D eigenvalue weighted by molar-refractivity contribution is 5.88. The minimum absolute atomic E-state index is 0.214. The van der Waals surface area contributed by atoms with Gasteiger partial charge in [-0.05, 0) is 48.7 Å². The van der Waals surface area contributed by atoms with Gasteiger partial charge >= 0.3 is 5.97 Å². The molecule has 0 saturated carbocycles. The Morgan fingerprint density at radius 2 is 1.95 bits per heavy atom. The third-order valence-corrected chi connectivity index (χ3v) is 7.21. The number of hydrogen-bond acceptors (Lipinski definition) is 7. The summed E-state index contributed by atoms with van der Waals surface area (Å²) in [6.45, 7) is 2.22. The Morgan fingerprint density at radius 1 is 1.13 bits per heavy atom. The fourth-order valence-electron chi connectivity index (χ4n) is 5.24. The molecule has 2 aromatic heterocycles. The van der Waals surface area contributed by atoms with Crippen molar-refractivity contribution in [3.63, 3.8) is 0 Å². The molecule has 198 valence electrons. The number of hydrogen-bond donors (Lipinski definition) is 1. The van der Waals surface area contributed by atoms with Crippen LogP contribution in [0.1, 0.15) is 23.2 Å². The van der Waals surface area contributed by atoms with Gasteiger partial charge in [-0.2, -0.15) is 4.98 Å². The van der Waals surface area contributed by atoms with Gasteiger partial charge in [-0.15, -0.1) is 0 Å². The first-order valence-corrected chi connectivity index (χ1v) is 12.9. The minimum atomic E-state index is -1.28. The van der Waals surface area contributed by atoms with Crippen molar-refractivity contribution in [2.24, 2.45) is 0 Å². The van der Waals surface area contributed by atoms with Gasteiger partial charge in [-0.1, -0.05) is 24.3 Å². The Labute approximate surface area is 224 Å². The Morgan fingerprint density at radius 3 is 2.69 bits per heavy atom. The smallest absolute Gasteiger partial charge is 0.341 e. The van der Waals surface area contributed by atoms with Crippen LogP contribution in [0.15, 0.2) is 88.4 Å². The number of pyridine rings is 1. The molecular formula is C30H28N4O5. The topological polar surface area (TPSA) is 101 Å². The molecule has 6 rings (SSSR count). The average Bonchev–Trinajstić information content (AvgIpc) is 3.60. The molecule has 9 nitrogen and oxygen atoms in total. The van der Waals surface area contributed by atoms with E-state index in [0.717, 1.165) is 37.2 Å². The average molecular weight is 525 g/mol. The van der Waals surface area contributed by atoms with E-state index in [-0.39, 0.29) is 11.6 Å². The first kappa shape index (κ1) is 24.7. The van der Waals surface area contributed by atoms with E-state index in [1.807, 2.05) is 60.8 Å². The Bertz CT molecular complexity index is 1650. The number of carbonyl (C=O) groups is 1. The van der Waals surface area contributed by atoms with Gasteiger partial charge in [0.2, 0.25) is 0 Å². The van der Waals surface area contributed by atoms with Crippen molar-refractivity contribution >= 4 is 28.8 Å². The predicted octanol–water partition coefficient (Wildman–Crippen LogP) is 4.85. The largest absolute Gasteiger partial charge is 0.477 e. The molecule has 1 N–H and O–H groups in total. The van der Waals surface area contributed by atoms with Gasteiger partial charge in [-0.25, -0.2) is 4.79 Å². The summed E-state index contributed by atoms with van der Waals surface area (Å²) in [5, 5.41) is 9.67. The van der Waals surface area contributed by atoms with Crippen LogP contribution in [-0.4, -0.2) is 53.5 Å². The highest BCUT2D eigenvalue weighted by Crippen LogP contribution is 2.31. The van der Waals surface area contributed by atoms with Crippen LogP contribution in [0.2, 0.25) is 0 Å². The van der Waals surface area contributed by atoms with Gasteiger partial charge in [0.1, 0.15) is 11.1 Å². The number of carboxylic acids is 1. The summed E-state index contributed by atoms with van der Waals surface area (Å²) in [6.07, 6.45) is 11.5. The molecule has 9 heteroatoms. The summed E-state index contributed by atoms with van der Waals surface area (Å²) in [6, 6.07) is 15.5.